The van der Waals surface area contributed by atoms with Crippen molar-refractivity contribution >= 4 is 28.9 Å². The summed E-state index contributed by atoms with van der Waals surface area (Å²) in [4.78, 5) is 35.2. The molecule has 0 atom stereocenters. The summed E-state index contributed by atoms with van der Waals surface area (Å²) in [7, 11) is 0. The summed E-state index contributed by atoms with van der Waals surface area (Å²) in [5.74, 6) is -2.85. The number of carboxylic acids is 2. The molecule has 2 aromatic heterocycles. The van der Waals surface area contributed by atoms with Crippen molar-refractivity contribution in [2.75, 3.05) is 5.32 Å². The number of hydrogen-bond donors (Lipinski definition) is 4. The quantitative estimate of drug-likeness (QED) is 0.526. The van der Waals surface area contributed by atoms with Gasteiger partial charge in [0.1, 0.15) is 5.82 Å². The van der Waals surface area contributed by atoms with Gasteiger partial charge in [-0.25, -0.2) is 24.5 Å². The first-order valence-electron chi connectivity index (χ1n) is 7.62. The molecular formula is C16H14F3N5O4. The van der Waals surface area contributed by atoms with Crippen molar-refractivity contribution in [3.63, 3.8) is 0 Å². The minimum absolute atomic E-state index is 0.0484. The highest BCUT2D eigenvalue weighted by Crippen LogP contribution is 2.14. The fourth-order valence-corrected chi connectivity index (χ4v) is 1.99. The minimum Gasteiger partial charge on any atom is -0.477 e. The van der Waals surface area contributed by atoms with Crippen LogP contribution in [-0.2, 0) is 11.3 Å². The molecule has 0 aliphatic carbocycles. The van der Waals surface area contributed by atoms with E-state index in [1.807, 2.05) is 25.1 Å². The number of rotatable bonds is 4. The molecule has 9 nitrogen and oxygen atoms in total. The predicted molar refractivity (Wildman–Crippen MR) is 90.8 cm³/mol. The van der Waals surface area contributed by atoms with Crippen molar-refractivity contribution in [3.8, 4) is 0 Å². The fourth-order valence-electron chi connectivity index (χ4n) is 1.99. The second-order valence-electron chi connectivity index (χ2n) is 5.43. The number of carbonyl (C=O) groups is 2. The van der Waals surface area contributed by atoms with Gasteiger partial charge < -0.3 is 20.5 Å². The summed E-state index contributed by atoms with van der Waals surface area (Å²) in [5.41, 5.74) is 2.96. The first-order chi connectivity index (χ1) is 13.1. The highest BCUT2D eigenvalue weighted by atomic mass is 19.4. The van der Waals surface area contributed by atoms with Gasteiger partial charge in [-0.1, -0.05) is 6.07 Å². The van der Waals surface area contributed by atoms with E-state index in [1.54, 1.807) is 0 Å². The van der Waals surface area contributed by atoms with Gasteiger partial charge in [0, 0.05) is 6.20 Å². The molecule has 2 heterocycles. The molecule has 4 N–H and O–H groups in total. The number of carboxylic acid groups (broad SMARTS) is 2. The number of aryl methyl sites for hydroxylation is 1. The minimum atomic E-state index is -5.08. The molecule has 0 radical (unpaired) electrons. The molecule has 3 aromatic rings. The van der Waals surface area contributed by atoms with E-state index < -0.39 is 18.1 Å². The summed E-state index contributed by atoms with van der Waals surface area (Å²) >= 11 is 0. The maximum atomic E-state index is 10.8. The van der Waals surface area contributed by atoms with E-state index in [2.05, 4.69) is 25.3 Å². The molecular weight excluding hydrogens is 383 g/mol. The van der Waals surface area contributed by atoms with E-state index in [0.717, 1.165) is 22.4 Å². The lowest BCUT2D eigenvalue weighted by atomic mass is 10.2. The number of aliphatic carboxylic acids is 1. The summed E-state index contributed by atoms with van der Waals surface area (Å²) < 4.78 is 31.7. The van der Waals surface area contributed by atoms with E-state index in [9.17, 15) is 18.0 Å². The summed E-state index contributed by atoms with van der Waals surface area (Å²) in [5, 5.41) is 19.0. The molecule has 0 amide bonds. The number of aromatic amines is 1. The van der Waals surface area contributed by atoms with Gasteiger partial charge in [0.05, 0.1) is 17.6 Å². The number of imidazole rings is 1. The van der Waals surface area contributed by atoms with Gasteiger partial charge in [0.25, 0.3) is 0 Å². The number of anilines is 1. The van der Waals surface area contributed by atoms with E-state index in [0.29, 0.717) is 6.54 Å². The smallest absolute Gasteiger partial charge is 0.477 e. The van der Waals surface area contributed by atoms with Crippen LogP contribution >= 0.6 is 0 Å². The van der Waals surface area contributed by atoms with Crippen LogP contribution in [0.15, 0.2) is 30.5 Å². The number of nitrogens with one attached hydrogen (secondary N) is 2. The average molecular weight is 397 g/mol. The Labute approximate surface area is 155 Å². The lowest BCUT2D eigenvalue weighted by Gasteiger charge is -2.02. The number of halogens is 3. The first kappa shape index (κ1) is 20.6. The van der Waals surface area contributed by atoms with Crippen LogP contribution in [0.1, 0.15) is 21.9 Å². The summed E-state index contributed by atoms with van der Waals surface area (Å²) in [6, 6.07) is 7.32. The molecule has 0 aliphatic rings. The zero-order chi connectivity index (χ0) is 20.9. The summed E-state index contributed by atoms with van der Waals surface area (Å²) in [6.07, 6.45) is -3.68. The van der Waals surface area contributed by atoms with Crippen molar-refractivity contribution in [3.05, 3.63) is 47.5 Å². The standard InChI is InChI=1S/C14H13N5O2.C2HF3O2/c1-8-2-3-9-11(6-8)18-12(17-9)7-16-14-15-5-4-10(19-14)13(20)21;3-2(4,5)1(6)7/h2-6H,7H2,1H3,(H,17,18)(H,20,21)(H,15,16,19);(H,6,7). The highest BCUT2D eigenvalue weighted by Gasteiger charge is 2.38. The average Bonchev–Trinajstić information content (AvgIpc) is 3.02. The first-order valence-corrected chi connectivity index (χ1v) is 7.62. The Balaban J connectivity index is 0.000000345. The van der Waals surface area contributed by atoms with Gasteiger partial charge in [-0.15, -0.1) is 0 Å². The number of aromatic carboxylic acids is 1. The second-order valence-corrected chi connectivity index (χ2v) is 5.43. The van der Waals surface area contributed by atoms with Gasteiger partial charge in [0.15, 0.2) is 5.69 Å². The Kier molecular flexibility index (Phi) is 6.13. The van der Waals surface area contributed by atoms with E-state index in [1.165, 1.54) is 12.3 Å². The third kappa shape index (κ3) is 5.65. The van der Waals surface area contributed by atoms with Crippen LogP contribution in [-0.4, -0.2) is 48.3 Å². The van der Waals surface area contributed by atoms with Crippen LogP contribution in [0.2, 0.25) is 0 Å². The number of H-pyrrole nitrogens is 1. The molecule has 0 fully saturated rings. The topological polar surface area (TPSA) is 141 Å². The van der Waals surface area contributed by atoms with Crippen LogP contribution in [0.4, 0.5) is 19.1 Å². The molecule has 1 aromatic carbocycles. The van der Waals surface area contributed by atoms with Gasteiger partial charge in [-0.2, -0.15) is 13.2 Å². The Morgan fingerprint density at radius 1 is 1.18 bits per heavy atom. The van der Waals surface area contributed by atoms with Crippen LogP contribution in [0.25, 0.3) is 11.0 Å². The zero-order valence-electron chi connectivity index (χ0n) is 14.3. The van der Waals surface area contributed by atoms with Crippen LogP contribution in [0.3, 0.4) is 0 Å². The molecule has 12 heteroatoms. The lowest BCUT2D eigenvalue weighted by Crippen LogP contribution is -2.21. The number of aromatic nitrogens is 4. The van der Waals surface area contributed by atoms with Crippen molar-refractivity contribution in [2.45, 2.75) is 19.6 Å². The lowest BCUT2D eigenvalue weighted by molar-refractivity contribution is -0.192. The number of alkyl halides is 3. The molecule has 3 rings (SSSR count). The molecule has 0 aliphatic heterocycles. The summed E-state index contributed by atoms with van der Waals surface area (Å²) in [6.45, 7) is 2.40. The van der Waals surface area contributed by atoms with E-state index in [4.69, 9.17) is 15.0 Å². The van der Waals surface area contributed by atoms with E-state index in [-0.39, 0.29) is 11.6 Å². The molecule has 0 bridgehead atoms. The van der Waals surface area contributed by atoms with Crippen molar-refractivity contribution in [2.24, 2.45) is 0 Å². The van der Waals surface area contributed by atoms with Crippen LogP contribution < -0.4 is 5.32 Å². The zero-order valence-corrected chi connectivity index (χ0v) is 14.3. The molecule has 0 unspecified atom stereocenters. The van der Waals surface area contributed by atoms with Crippen LogP contribution in [0.5, 0.6) is 0 Å². The van der Waals surface area contributed by atoms with E-state index >= 15 is 0 Å². The van der Waals surface area contributed by atoms with Gasteiger partial charge in [0.2, 0.25) is 5.95 Å². The largest absolute Gasteiger partial charge is 0.490 e. The van der Waals surface area contributed by atoms with Gasteiger partial charge in [-0.05, 0) is 30.7 Å². The maximum Gasteiger partial charge on any atom is 0.490 e. The Morgan fingerprint density at radius 3 is 2.46 bits per heavy atom. The Morgan fingerprint density at radius 2 is 1.86 bits per heavy atom. The third-order valence-electron chi connectivity index (χ3n) is 3.22. The van der Waals surface area contributed by atoms with Crippen LogP contribution in [0, 0.1) is 6.92 Å². The number of benzene rings is 1. The highest BCUT2D eigenvalue weighted by molar-refractivity contribution is 5.85. The molecule has 0 saturated heterocycles. The Hall–Kier alpha value is -3.70. The second kappa shape index (κ2) is 8.33. The normalized spacial score (nSPS) is 10.9. The molecule has 0 spiro atoms. The maximum absolute atomic E-state index is 10.8. The number of fused-ring (bicyclic) bond motifs is 1. The van der Waals surface area contributed by atoms with Crippen molar-refractivity contribution in [1.82, 2.24) is 19.9 Å². The third-order valence-corrected chi connectivity index (χ3v) is 3.22. The monoisotopic (exact) mass is 397 g/mol. The van der Waals surface area contributed by atoms with Crippen molar-refractivity contribution in [1.29, 1.82) is 0 Å². The SMILES string of the molecule is Cc1ccc2nc(CNc3nccc(C(=O)O)n3)[nH]c2c1.O=C(O)C(F)(F)F. The molecule has 148 valence electrons. The number of hydrogen-bond acceptors (Lipinski definition) is 6. The van der Waals surface area contributed by atoms with Gasteiger partial charge in [-0.3, -0.25) is 0 Å². The fraction of sp³-hybridized carbons (Fsp3) is 0.188. The predicted octanol–water partition coefficient (Wildman–Crippen LogP) is 2.60. The molecule has 0 saturated carbocycles. The van der Waals surface area contributed by atoms with Crippen molar-refractivity contribution < 1.29 is 33.0 Å². The number of nitrogens with zero attached hydrogens (tertiary/aromatic N) is 3. The van der Waals surface area contributed by atoms with Gasteiger partial charge >= 0.3 is 18.1 Å². The molecule has 28 heavy (non-hydrogen) atoms. The Bertz CT molecular complexity index is 1000.